The van der Waals surface area contributed by atoms with Gasteiger partial charge in [-0.2, -0.15) is 0 Å². The van der Waals surface area contributed by atoms with Crippen molar-refractivity contribution in [3.8, 4) is 0 Å². The second kappa shape index (κ2) is 5.77. The summed E-state index contributed by atoms with van der Waals surface area (Å²) in [6.45, 7) is 0. The van der Waals surface area contributed by atoms with E-state index in [0.717, 1.165) is 0 Å². The van der Waals surface area contributed by atoms with Crippen LogP contribution in [0.3, 0.4) is 0 Å². The van der Waals surface area contributed by atoms with Crippen molar-refractivity contribution in [3.05, 3.63) is 0 Å². The average molecular weight is 269 g/mol. The summed E-state index contributed by atoms with van der Waals surface area (Å²) in [5.74, 6) is 0. The lowest BCUT2D eigenvalue weighted by molar-refractivity contribution is 0.269. The quantitative estimate of drug-likeness (QED) is 0.546. The van der Waals surface area contributed by atoms with Crippen LogP contribution in [0.25, 0.3) is 0 Å². The highest BCUT2D eigenvalue weighted by molar-refractivity contribution is 8.45. The van der Waals surface area contributed by atoms with Crippen molar-refractivity contribution in [2.45, 2.75) is 0 Å². The summed E-state index contributed by atoms with van der Waals surface area (Å²) in [7, 11) is 6.96. The predicted molar refractivity (Wildman–Crippen MR) is 58.0 cm³/mol. The lowest BCUT2D eigenvalue weighted by Gasteiger charge is -2.36. The van der Waals surface area contributed by atoms with E-state index in [2.05, 4.69) is 0 Å². The zero-order valence-corrected chi connectivity index (χ0v) is 11.3. The molecular formula is C5H14Cl2O4SSi. The van der Waals surface area contributed by atoms with Gasteiger partial charge in [-0.1, -0.05) is 11.1 Å². The molecule has 0 N–H and O–H groups in total. The van der Waals surface area contributed by atoms with Crippen LogP contribution in [-0.4, -0.2) is 41.7 Å². The topological polar surface area (TPSA) is 36.9 Å². The summed E-state index contributed by atoms with van der Waals surface area (Å²) < 4.78 is 20.1. The summed E-state index contributed by atoms with van der Waals surface area (Å²) in [5, 5.41) is 0.253. The molecule has 0 heterocycles. The van der Waals surface area contributed by atoms with Gasteiger partial charge in [0.1, 0.15) is 5.38 Å². The minimum atomic E-state index is -2.75. The number of rotatable bonds is 6. The molecule has 0 fully saturated rings. The molecule has 0 radical (unpaired) electrons. The van der Waals surface area contributed by atoms with Crippen LogP contribution in [0.1, 0.15) is 0 Å². The number of hydrogen-bond donors (Lipinski definition) is 0. The van der Waals surface area contributed by atoms with E-state index in [9.17, 15) is 0 Å². The van der Waals surface area contributed by atoms with Crippen molar-refractivity contribution < 1.29 is 17.2 Å². The molecule has 13 heavy (non-hydrogen) atoms. The first kappa shape index (κ1) is 14.0. The average Bonchev–Trinajstić information content (AvgIpc) is 2.17. The maximum Gasteiger partial charge on any atom is 0.463 e. The fraction of sp³-hybridized carbons (Fsp3) is 1.00. The molecule has 0 rings (SSSR count). The van der Waals surface area contributed by atoms with E-state index >= 15 is 0 Å². The van der Waals surface area contributed by atoms with Crippen LogP contribution in [0.4, 0.5) is 0 Å². The third-order valence-corrected chi connectivity index (χ3v) is 10.1. The molecule has 0 unspecified atom stereocenters. The van der Waals surface area contributed by atoms with E-state index in [0.29, 0.717) is 0 Å². The van der Waals surface area contributed by atoms with Crippen LogP contribution in [0, 0.1) is 0 Å². The van der Waals surface area contributed by atoms with Crippen molar-refractivity contribution in [2.75, 3.05) is 33.8 Å². The molecule has 0 aromatic carbocycles. The smallest absolute Gasteiger partial charge is 0.385 e. The normalized spacial score (nSPS) is 14.6. The molecule has 4 nitrogen and oxygen atoms in total. The summed E-state index contributed by atoms with van der Waals surface area (Å²) in [6.07, 6.45) is 0. The highest BCUT2D eigenvalue weighted by Gasteiger charge is 2.40. The Morgan fingerprint density at radius 1 is 1.08 bits per heavy atom. The Kier molecular flexibility index (Phi) is 6.21. The summed E-state index contributed by atoms with van der Waals surface area (Å²) in [4.78, 5) is 0. The van der Waals surface area contributed by atoms with E-state index in [1.807, 2.05) is 0 Å². The Morgan fingerprint density at radius 3 is 1.69 bits per heavy atom. The van der Waals surface area contributed by atoms with Crippen molar-refractivity contribution in [2.24, 2.45) is 0 Å². The fourth-order valence-corrected chi connectivity index (χ4v) is 7.52. The van der Waals surface area contributed by atoms with Gasteiger partial charge in [0.25, 0.3) is 0 Å². The monoisotopic (exact) mass is 268 g/mol. The molecule has 0 bridgehead atoms. The molecule has 0 aliphatic heterocycles. The fourth-order valence-electron chi connectivity index (χ4n) is 0.593. The van der Waals surface area contributed by atoms with E-state index in [1.165, 1.54) is 28.4 Å². The molecule has 0 aromatic rings. The van der Waals surface area contributed by atoms with Gasteiger partial charge in [-0.05, 0) is 0 Å². The number of halogens is 2. The van der Waals surface area contributed by atoms with Gasteiger partial charge in [0, 0.05) is 24.9 Å². The predicted octanol–water partition coefficient (Wildman–Crippen LogP) is 2.08. The van der Waals surface area contributed by atoms with E-state index in [4.69, 9.17) is 39.0 Å². The summed E-state index contributed by atoms with van der Waals surface area (Å²) in [6, 6.07) is 0. The summed E-state index contributed by atoms with van der Waals surface area (Å²) in [5.41, 5.74) is 0. The van der Waals surface area contributed by atoms with Crippen molar-refractivity contribution in [1.82, 2.24) is 0 Å². The Morgan fingerprint density at radius 2 is 1.46 bits per heavy atom. The van der Waals surface area contributed by atoms with Gasteiger partial charge in [-0.25, -0.2) is 0 Å². The number of hydrogen-bond acceptors (Lipinski definition) is 4. The Balaban J connectivity index is 4.36. The van der Waals surface area contributed by atoms with Gasteiger partial charge >= 0.3 is 7.87 Å². The Labute approximate surface area is 90.6 Å². The minimum absolute atomic E-state index is 0.253. The molecule has 0 saturated heterocycles. The SMILES string of the molecule is CO[Si](Cl)(CS(Cl)(OC)OC)OC. The molecule has 0 atom stereocenters. The van der Waals surface area contributed by atoms with Gasteiger partial charge in [0.15, 0.2) is 0 Å². The molecule has 82 valence electrons. The van der Waals surface area contributed by atoms with Crippen molar-refractivity contribution in [3.63, 3.8) is 0 Å². The molecule has 0 saturated carbocycles. The highest BCUT2D eigenvalue weighted by Crippen LogP contribution is 2.56. The first-order valence-electron chi connectivity index (χ1n) is 3.36. The van der Waals surface area contributed by atoms with Gasteiger partial charge < -0.3 is 8.85 Å². The second-order valence-electron chi connectivity index (χ2n) is 2.08. The van der Waals surface area contributed by atoms with E-state index in [-0.39, 0.29) is 5.38 Å². The van der Waals surface area contributed by atoms with Crippen LogP contribution in [0.15, 0.2) is 0 Å². The largest absolute Gasteiger partial charge is 0.463 e. The molecule has 0 spiro atoms. The van der Waals surface area contributed by atoms with Crippen LogP contribution in [-0.2, 0) is 17.2 Å². The highest BCUT2D eigenvalue weighted by atomic mass is 35.7. The van der Waals surface area contributed by atoms with Gasteiger partial charge in [0.05, 0.1) is 14.2 Å². The maximum atomic E-state index is 6.02. The zero-order chi connectivity index (χ0) is 10.5. The Bertz CT molecular complexity index is 137. The standard InChI is InChI=1S/C5H14Cl2O4SSi/c1-8-12(6,9-2)5-13(7,10-3)11-4/h5H2,1-4H3. The first-order valence-corrected chi connectivity index (χ1v) is 8.87. The molecular weight excluding hydrogens is 255 g/mol. The third kappa shape index (κ3) is 4.35. The minimum Gasteiger partial charge on any atom is -0.385 e. The zero-order valence-electron chi connectivity index (χ0n) is 8.00. The first-order chi connectivity index (χ1) is 5.95. The molecule has 8 heteroatoms. The van der Waals surface area contributed by atoms with Crippen LogP contribution >= 0.6 is 31.6 Å². The third-order valence-electron chi connectivity index (χ3n) is 1.45. The van der Waals surface area contributed by atoms with Crippen molar-refractivity contribution in [1.29, 1.82) is 0 Å². The lowest BCUT2D eigenvalue weighted by atomic mass is 11.8. The van der Waals surface area contributed by atoms with Gasteiger partial charge in [0.2, 0.25) is 0 Å². The molecule has 0 amide bonds. The molecule has 0 aliphatic carbocycles. The van der Waals surface area contributed by atoms with Crippen LogP contribution in [0.2, 0.25) is 0 Å². The van der Waals surface area contributed by atoms with Gasteiger partial charge in [-0.3, -0.25) is 8.37 Å². The molecule has 0 aromatic heterocycles. The molecule has 0 aliphatic rings. The maximum absolute atomic E-state index is 6.02. The van der Waals surface area contributed by atoms with E-state index in [1.54, 1.807) is 0 Å². The van der Waals surface area contributed by atoms with Gasteiger partial charge in [-0.15, -0.1) is 9.80 Å². The Hall–Kier alpha value is 0.987. The second-order valence-corrected chi connectivity index (χ2v) is 10.3. The van der Waals surface area contributed by atoms with Crippen molar-refractivity contribution >= 4 is 39.4 Å². The summed E-state index contributed by atoms with van der Waals surface area (Å²) >= 11 is 6.02. The van der Waals surface area contributed by atoms with Crippen LogP contribution < -0.4 is 0 Å². The van der Waals surface area contributed by atoms with E-state index < -0.39 is 17.7 Å². The lowest BCUT2D eigenvalue weighted by Crippen LogP contribution is -2.40. The van der Waals surface area contributed by atoms with Crippen LogP contribution in [0.5, 0.6) is 0 Å².